The fourth-order valence-electron chi connectivity index (χ4n) is 3.47. The molecule has 0 saturated carbocycles. The molecule has 0 spiro atoms. The molecule has 0 aromatic heterocycles. The molecule has 1 unspecified atom stereocenters. The summed E-state index contributed by atoms with van der Waals surface area (Å²) in [7, 11) is 3.29. The predicted molar refractivity (Wildman–Crippen MR) is 114 cm³/mol. The smallest absolute Gasteiger partial charge is 0.140 e. The van der Waals surface area contributed by atoms with Gasteiger partial charge in [0.05, 0.1) is 14.2 Å². The van der Waals surface area contributed by atoms with Crippen molar-refractivity contribution in [2.45, 2.75) is 18.6 Å². The minimum atomic E-state index is -0.917. The SMILES string of the molecule is C[CH-]C(CO)OC(c1ccccc1)(c1ccc(OC)cc1)c1ccc(OC)cc1.[U]. The third kappa shape index (κ3) is 5.10. The van der Waals surface area contributed by atoms with Gasteiger partial charge in [0.25, 0.3) is 0 Å². The number of benzene rings is 3. The van der Waals surface area contributed by atoms with Crippen molar-refractivity contribution in [2.75, 3.05) is 20.8 Å². The molecule has 3 aromatic carbocycles. The first-order valence-corrected chi connectivity index (χ1v) is 9.60. The van der Waals surface area contributed by atoms with Gasteiger partial charge in [0, 0.05) is 37.7 Å². The largest absolute Gasteiger partial charge is 0.497 e. The van der Waals surface area contributed by atoms with E-state index in [0.717, 1.165) is 28.2 Å². The van der Waals surface area contributed by atoms with E-state index in [9.17, 15) is 5.11 Å². The van der Waals surface area contributed by atoms with Gasteiger partial charge in [-0.15, -0.1) is 0 Å². The van der Waals surface area contributed by atoms with E-state index in [1.54, 1.807) is 14.2 Å². The first-order valence-electron chi connectivity index (χ1n) is 9.60. The van der Waals surface area contributed by atoms with Gasteiger partial charge in [-0.05, 0) is 47.1 Å². The zero-order valence-corrected chi connectivity index (χ0v) is 21.7. The van der Waals surface area contributed by atoms with Crippen LogP contribution in [0.1, 0.15) is 23.6 Å². The summed E-state index contributed by atoms with van der Waals surface area (Å²) in [5.41, 5.74) is 1.93. The van der Waals surface area contributed by atoms with E-state index in [0.29, 0.717) is 0 Å². The van der Waals surface area contributed by atoms with Crippen molar-refractivity contribution in [3.8, 4) is 11.5 Å². The number of hydrogen-bond acceptors (Lipinski definition) is 4. The Morgan fingerprint density at radius 3 is 1.57 bits per heavy atom. The van der Waals surface area contributed by atoms with Crippen LogP contribution in [0.4, 0.5) is 0 Å². The number of ether oxygens (including phenoxy) is 3. The second-order valence-electron chi connectivity index (χ2n) is 6.68. The van der Waals surface area contributed by atoms with Crippen molar-refractivity contribution in [1.29, 1.82) is 0 Å². The van der Waals surface area contributed by atoms with Gasteiger partial charge in [0.2, 0.25) is 0 Å². The summed E-state index contributed by atoms with van der Waals surface area (Å²) in [6, 6.07) is 25.7. The molecule has 4 nitrogen and oxygen atoms in total. The Kier molecular flexibility index (Phi) is 9.45. The van der Waals surface area contributed by atoms with E-state index in [1.165, 1.54) is 0 Å². The van der Waals surface area contributed by atoms with Gasteiger partial charge in [-0.3, -0.25) is 0 Å². The Balaban J connectivity index is 0.00000320. The van der Waals surface area contributed by atoms with Crippen molar-refractivity contribution in [1.82, 2.24) is 0 Å². The first kappa shape index (κ1) is 24.5. The zero-order chi connectivity index (χ0) is 20.7. The molecule has 0 bridgehead atoms. The summed E-state index contributed by atoms with van der Waals surface area (Å²) < 4.78 is 17.3. The van der Waals surface area contributed by atoms with Crippen LogP contribution in [-0.4, -0.2) is 32.0 Å². The van der Waals surface area contributed by atoms with Crippen LogP contribution in [0.25, 0.3) is 0 Å². The number of aliphatic hydroxyl groups is 1. The molecular formula is C25H27O4U-. The monoisotopic (exact) mass is 629 g/mol. The molecule has 0 aliphatic heterocycles. The Bertz CT molecular complexity index is 828. The average Bonchev–Trinajstić information content (AvgIpc) is 2.81. The molecular weight excluding hydrogens is 602 g/mol. The molecule has 5 heteroatoms. The predicted octanol–water partition coefficient (Wildman–Crippen LogP) is 4.60. The van der Waals surface area contributed by atoms with Crippen LogP contribution in [0, 0.1) is 37.5 Å². The van der Waals surface area contributed by atoms with Crippen LogP contribution in [0.2, 0.25) is 0 Å². The third-order valence-electron chi connectivity index (χ3n) is 5.05. The standard InChI is InChI=1S/C25H27O4.U/c1-4-22(18-26)29-25(19-8-6-5-7-9-19,20-10-14-23(27-2)15-11-20)21-12-16-24(28-3)17-13-21;/h4-17,22,26H,18H2,1-3H3;/q-1;. The van der Waals surface area contributed by atoms with Crippen LogP contribution >= 0.6 is 0 Å². The van der Waals surface area contributed by atoms with Crippen LogP contribution in [0.15, 0.2) is 78.9 Å². The molecule has 3 aromatic rings. The molecule has 0 saturated heterocycles. The van der Waals surface area contributed by atoms with E-state index in [4.69, 9.17) is 14.2 Å². The average molecular weight is 630 g/mol. The second-order valence-corrected chi connectivity index (χ2v) is 6.68. The summed E-state index contributed by atoms with van der Waals surface area (Å²) in [5.74, 6) is 1.54. The van der Waals surface area contributed by atoms with E-state index in [-0.39, 0.29) is 37.7 Å². The maximum absolute atomic E-state index is 9.90. The Morgan fingerprint density at radius 1 is 0.767 bits per heavy atom. The maximum Gasteiger partial charge on any atom is 0.140 e. The van der Waals surface area contributed by atoms with Crippen molar-refractivity contribution in [3.05, 3.63) is 102 Å². The molecule has 0 amide bonds. The molecule has 30 heavy (non-hydrogen) atoms. The molecule has 0 aliphatic rings. The number of hydrogen-bond donors (Lipinski definition) is 1. The Labute approximate surface area is 202 Å². The number of rotatable bonds is 9. The number of methoxy groups -OCH3 is 2. The first-order chi connectivity index (χ1) is 14.2. The summed E-state index contributed by atoms with van der Waals surface area (Å²) in [6.07, 6.45) is 1.42. The van der Waals surface area contributed by atoms with Gasteiger partial charge in [-0.1, -0.05) is 54.6 Å². The van der Waals surface area contributed by atoms with Crippen molar-refractivity contribution >= 4 is 0 Å². The van der Waals surface area contributed by atoms with E-state index in [1.807, 2.05) is 92.2 Å². The quantitative estimate of drug-likeness (QED) is 0.278. The fourth-order valence-corrected chi connectivity index (χ4v) is 3.47. The van der Waals surface area contributed by atoms with Crippen LogP contribution < -0.4 is 9.47 Å². The molecule has 3 rings (SSSR count). The second kappa shape index (κ2) is 11.6. The van der Waals surface area contributed by atoms with E-state index in [2.05, 4.69) is 0 Å². The van der Waals surface area contributed by atoms with Crippen molar-refractivity contribution in [2.24, 2.45) is 0 Å². The normalized spacial score (nSPS) is 12.0. The minimum absolute atomic E-state index is 0. The molecule has 0 fully saturated rings. The molecule has 0 aliphatic carbocycles. The van der Waals surface area contributed by atoms with Gasteiger partial charge >= 0.3 is 0 Å². The van der Waals surface area contributed by atoms with Gasteiger partial charge < -0.3 is 25.7 Å². The molecule has 0 heterocycles. The zero-order valence-electron chi connectivity index (χ0n) is 17.5. The van der Waals surface area contributed by atoms with Gasteiger partial charge in [-0.25, -0.2) is 0 Å². The Morgan fingerprint density at radius 2 is 1.20 bits per heavy atom. The summed E-state index contributed by atoms with van der Waals surface area (Å²) in [4.78, 5) is 0. The third-order valence-corrected chi connectivity index (χ3v) is 5.05. The minimum Gasteiger partial charge on any atom is -0.497 e. The molecule has 1 N–H and O–H groups in total. The summed E-state index contributed by atoms with van der Waals surface area (Å²) in [5, 5.41) is 9.90. The summed E-state index contributed by atoms with van der Waals surface area (Å²) in [6.45, 7) is 1.77. The van der Waals surface area contributed by atoms with Crippen molar-refractivity contribution < 1.29 is 50.4 Å². The fraction of sp³-hybridized carbons (Fsp3) is 0.240. The van der Waals surface area contributed by atoms with Crippen LogP contribution in [0.5, 0.6) is 11.5 Å². The van der Waals surface area contributed by atoms with Gasteiger partial charge in [-0.2, -0.15) is 6.92 Å². The van der Waals surface area contributed by atoms with Gasteiger partial charge in [0.15, 0.2) is 0 Å². The van der Waals surface area contributed by atoms with Crippen LogP contribution in [0.3, 0.4) is 0 Å². The topological polar surface area (TPSA) is 47.9 Å². The van der Waals surface area contributed by atoms with Crippen molar-refractivity contribution in [3.63, 3.8) is 0 Å². The molecule has 0 radical (unpaired) electrons. The van der Waals surface area contributed by atoms with Gasteiger partial charge in [0.1, 0.15) is 17.1 Å². The molecule has 156 valence electrons. The molecule has 1 atom stereocenters. The summed E-state index contributed by atoms with van der Waals surface area (Å²) >= 11 is 0. The maximum atomic E-state index is 9.90. The van der Waals surface area contributed by atoms with E-state index >= 15 is 0 Å². The van der Waals surface area contributed by atoms with Crippen LogP contribution in [-0.2, 0) is 10.3 Å². The van der Waals surface area contributed by atoms with E-state index < -0.39 is 11.7 Å². The Hall–Kier alpha value is -1.77. The number of aliphatic hydroxyl groups excluding tert-OH is 1.